The van der Waals surface area contributed by atoms with Crippen LogP contribution in [0.2, 0.25) is 0 Å². The van der Waals surface area contributed by atoms with Crippen LogP contribution in [0.1, 0.15) is 19.4 Å². The molecule has 0 saturated heterocycles. The molecule has 2 nitrogen and oxygen atoms in total. The third-order valence-corrected chi connectivity index (χ3v) is 3.27. The van der Waals surface area contributed by atoms with Crippen LogP contribution in [0.15, 0.2) is 60.7 Å². The summed E-state index contributed by atoms with van der Waals surface area (Å²) in [5.74, 6) is 0. The molecule has 2 aromatic rings. The van der Waals surface area contributed by atoms with Crippen molar-refractivity contribution in [3.63, 3.8) is 0 Å². The first-order valence-corrected chi connectivity index (χ1v) is 7.33. The number of anilines is 1. The Bertz CT molecular complexity index is 479. The molecule has 0 fully saturated rings. The highest BCUT2D eigenvalue weighted by Crippen LogP contribution is 2.16. The maximum Gasteiger partial charge on any atom is 0.0430 e. The second-order valence-corrected chi connectivity index (χ2v) is 5.35. The molecule has 2 aromatic carbocycles. The van der Waals surface area contributed by atoms with Gasteiger partial charge in [0.1, 0.15) is 0 Å². The number of hydrogen-bond acceptors (Lipinski definition) is 2. The summed E-state index contributed by atoms with van der Waals surface area (Å²) in [4.78, 5) is 2.42. The van der Waals surface area contributed by atoms with Gasteiger partial charge in [-0.2, -0.15) is 0 Å². The molecule has 0 spiro atoms. The lowest BCUT2D eigenvalue weighted by molar-refractivity contribution is 0.580. The zero-order chi connectivity index (χ0) is 14.2. The van der Waals surface area contributed by atoms with Crippen LogP contribution in [-0.4, -0.2) is 19.1 Å². The Morgan fingerprint density at radius 1 is 0.900 bits per heavy atom. The predicted octanol–water partition coefficient (Wildman–Crippen LogP) is 3.69. The van der Waals surface area contributed by atoms with Gasteiger partial charge >= 0.3 is 0 Å². The first kappa shape index (κ1) is 14.6. The fraction of sp³-hybridized carbons (Fsp3) is 0.333. The van der Waals surface area contributed by atoms with Crippen molar-refractivity contribution in [1.82, 2.24) is 5.32 Å². The number of para-hydroxylation sites is 1. The van der Waals surface area contributed by atoms with Crippen molar-refractivity contribution in [1.29, 1.82) is 0 Å². The zero-order valence-corrected chi connectivity index (χ0v) is 12.4. The number of hydrogen-bond donors (Lipinski definition) is 1. The van der Waals surface area contributed by atoms with E-state index < -0.39 is 0 Å². The smallest absolute Gasteiger partial charge is 0.0430 e. The number of nitrogens with zero attached hydrogens (tertiary/aromatic N) is 1. The van der Waals surface area contributed by atoms with Crippen molar-refractivity contribution in [3.05, 3.63) is 66.2 Å². The number of benzene rings is 2. The van der Waals surface area contributed by atoms with Crippen LogP contribution in [0.4, 0.5) is 5.69 Å². The van der Waals surface area contributed by atoms with Crippen molar-refractivity contribution >= 4 is 5.69 Å². The largest absolute Gasteiger partial charge is 0.366 e. The highest BCUT2D eigenvalue weighted by atomic mass is 15.1. The van der Waals surface area contributed by atoms with Gasteiger partial charge in [-0.15, -0.1) is 0 Å². The number of nitrogens with one attached hydrogen (secondary N) is 1. The van der Waals surface area contributed by atoms with Gasteiger partial charge in [-0.05, 0) is 17.7 Å². The van der Waals surface area contributed by atoms with Crippen LogP contribution in [0.25, 0.3) is 0 Å². The molecule has 1 N–H and O–H groups in total. The van der Waals surface area contributed by atoms with Crippen molar-refractivity contribution in [2.45, 2.75) is 26.4 Å². The molecule has 2 heteroatoms. The fourth-order valence-electron chi connectivity index (χ4n) is 2.23. The maximum atomic E-state index is 3.49. The van der Waals surface area contributed by atoms with Gasteiger partial charge < -0.3 is 10.2 Å². The lowest BCUT2D eigenvalue weighted by atomic mass is 10.2. The van der Waals surface area contributed by atoms with E-state index in [1.54, 1.807) is 0 Å². The van der Waals surface area contributed by atoms with Crippen LogP contribution in [0.5, 0.6) is 0 Å². The van der Waals surface area contributed by atoms with Crippen LogP contribution >= 0.6 is 0 Å². The Hall–Kier alpha value is -1.80. The van der Waals surface area contributed by atoms with Crippen molar-refractivity contribution < 1.29 is 0 Å². The predicted molar refractivity (Wildman–Crippen MR) is 87.1 cm³/mol. The van der Waals surface area contributed by atoms with E-state index in [9.17, 15) is 0 Å². The van der Waals surface area contributed by atoms with Gasteiger partial charge in [0, 0.05) is 31.4 Å². The Labute approximate surface area is 122 Å². The standard InChI is InChI=1S/C18H24N2/c1-16(2)19-13-14-20(18-11-7-4-8-12-18)15-17-9-5-3-6-10-17/h3-12,16,19H,13-15H2,1-2H3. The third kappa shape index (κ3) is 4.71. The summed E-state index contributed by atoms with van der Waals surface area (Å²) in [5.41, 5.74) is 2.63. The van der Waals surface area contributed by atoms with Crippen molar-refractivity contribution in [2.75, 3.05) is 18.0 Å². The van der Waals surface area contributed by atoms with E-state index in [2.05, 4.69) is 84.7 Å². The van der Waals surface area contributed by atoms with Gasteiger partial charge in [-0.25, -0.2) is 0 Å². The topological polar surface area (TPSA) is 15.3 Å². The van der Waals surface area contributed by atoms with Crippen LogP contribution in [0.3, 0.4) is 0 Å². The molecule has 0 aliphatic heterocycles. The Balaban J connectivity index is 2.04. The average Bonchev–Trinajstić information content (AvgIpc) is 2.48. The van der Waals surface area contributed by atoms with Gasteiger partial charge in [0.15, 0.2) is 0 Å². The Morgan fingerprint density at radius 2 is 1.50 bits per heavy atom. The van der Waals surface area contributed by atoms with E-state index in [0.29, 0.717) is 6.04 Å². The summed E-state index contributed by atoms with van der Waals surface area (Å²) in [6.45, 7) is 7.33. The minimum absolute atomic E-state index is 0.532. The molecule has 0 radical (unpaired) electrons. The van der Waals surface area contributed by atoms with E-state index >= 15 is 0 Å². The first-order valence-electron chi connectivity index (χ1n) is 7.33. The van der Waals surface area contributed by atoms with Gasteiger partial charge in [-0.3, -0.25) is 0 Å². The number of rotatable bonds is 7. The van der Waals surface area contributed by atoms with E-state index in [4.69, 9.17) is 0 Å². The molecule has 0 aromatic heterocycles. The van der Waals surface area contributed by atoms with E-state index in [1.807, 2.05) is 0 Å². The molecule has 0 atom stereocenters. The van der Waals surface area contributed by atoms with Crippen LogP contribution in [-0.2, 0) is 6.54 Å². The average molecular weight is 268 g/mol. The summed E-state index contributed by atoms with van der Waals surface area (Å²) in [7, 11) is 0. The highest BCUT2D eigenvalue weighted by Gasteiger charge is 2.07. The summed E-state index contributed by atoms with van der Waals surface area (Å²) in [6.07, 6.45) is 0. The zero-order valence-electron chi connectivity index (χ0n) is 12.4. The normalized spacial score (nSPS) is 10.8. The van der Waals surface area contributed by atoms with Gasteiger partial charge in [0.05, 0.1) is 0 Å². The Morgan fingerprint density at radius 3 is 2.10 bits per heavy atom. The van der Waals surface area contributed by atoms with E-state index in [0.717, 1.165) is 19.6 Å². The molecular weight excluding hydrogens is 244 g/mol. The molecule has 2 rings (SSSR count). The minimum Gasteiger partial charge on any atom is -0.366 e. The molecule has 0 saturated carbocycles. The molecule has 20 heavy (non-hydrogen) atoms. The van der Waals surface area contributed by atoms with Crippen LogP contribution < -0.4 is 10.2 Å². The monoisotopic (exact) mass is 268 g/mol. The van der Waals surface area contributed by atoms with E-state index in [-0.39, 0.29) is 0 Å². The second kappa shape index (κ2) is 7.71. The molecule has 0 heterocycles. The van der Waals surface area contributed by atoms with Gasteiger partial charge in [-0.1, -0.05) is 62.4 Å². The summed E-state index contributed by atoms with van der Waals surface area (Å²) >= 11 is 0. The highest BCUT2D eigenvalue weighted by molar-refractivity contribution is 5.46. The quantitative estimate of drug-likeness (QED) is 0.824. The first-order chi connectivity index (χ1) is 9.75. The minimum atomic E-state index is 0.532. The molecule has 0 amide bonds. The fourth-order valence-corrected chi connectivity index (χ4v) is 2.23. The maximum absolute atomic E-state index is 3.49. The second-order valence-electron chi connectivity index (χ2n) is 5.35. The Kier molecular flexibility index (Phi) is 5.63. The molecule has 106 valence electrons. The molecular formula is C18H24N2. The molecule has 0 bridgehead atoms. The third-order valence-electron chi connectivity index (χ3n) is 3.27. The van der Waals surface area contributed by atoms with Crippen LogP contribution in [0, 0.1) is 0 Å². The molecule has 0 aliphatic carbocycles. The lowest BCUT2D eigenvalue weighted by Gasteiger charge is -2.25. The van der Waals surface area contributed by atoms with Crippen molar-refractivity contribution in [2.24, 2.45) is 0 Å². The molecule has 0 aliphatic rings. The van der Waals surface area contributed by atoms with Crippen molar-refractivity contribution in [3.8, 4) is 0 Å². The lowest BCUT2D eigenvalue weighted by Crippen LogP contribution is -2.34. The van der Waals surface area contributed by atoms with E-state index in [1.165, 1.54) is 11.3 Å². The summed E-state index contributed by atoms with van der Waals surface area (Å²) in [5, 5.41) is 3.49. The molecule has 0 unspecified atom stereocenters. The van der Waals surface area contributed by atoms with Gasteiger partial charge in [0.2, 0.25) is 0 Å². The summed E-state index contributed by atoms with van der Waals surface area (Å²) < 4.78 is 0. The SMILES string of the molecule is CC(C)NCCN(Cc1ccccc1)c1ccccc1. The van der Waals surface area contributed by atoms with Gasteiger partial charge in [0.25, 0.3) is 0 Å². The summed E-state index contributed by atoms with van der Waals surface area (Å²) in [6, 6.07) is 21.8.